The highest BCUT2D eigenvalue weighted by atomic mass is 32.1. The second-order valence-electron chi connectivity index (χ2n) is 5.30. The normalized spacial score (nSPS) is 20.6. The summed E-state index contributed by atoms with van der Waals surface area (Å²) in [6.45, 7) is 1.59. The fraction of sp³-hybridized carbons (Fsp3) is 0.235. The highest BCUT2D eigenvalue weighted by Gasteiger charge is 2.42. The maximum atomic E-state index is 6.33. The lowest BCUT2D eigenvalue weighted by atomic mass is 9.88. The Morgan fingerprint density at radius 1 is 1.24 bits per heavy atom. The summed E-state index contributed by atoms with van der Waals surface area (Å²) < 4.78 is 8.44. The molecule has 0 N–H and O–H groups in total. The predicted octanol–water partition coefficient (Wildman–Crippen LogP) is 3.81. The third-order valence-corrected chi connectivity index (χ3v) is 5.14. The summed E-state index contributed by atoms with van der Waals surface area (Å²) in [6, 6.07) is 12.8. The lowest BCUT2D eigenvalue weighted by Gasteiger charge is -2.29. The van der Waals surface area contributed by atoms with Gasteiger partial charge in [-0.25, -0.2) is 4.98 Å². The van der Waals surface area contributed by atoms with Crippen molar-refractivity contribution in [3.8, 4) is 0 Å². The maximum Gasteiger partial charge on any atom is 0.130 e. The molecule has 0 fully saturated rings. The van der Waals surface area contributed by atoms with Gasteiger partial charge in [-0.1, -0.05) is 30.3 Å². The van der Waals surface area contributed by atoms with Crippen molar-refractivity contribution in [3.63, 3.8) is 0 Å². The summed E-state index contributed by atoms with van der Waals surface area (Å²) in [5.41, 5.74) is 2.30. The number of nitrogens with zero attached hydrogens (tertiary/aromatic N) is 2. The first-order valence-corrected chi connectivity index (χ1v) is 7.98. The van der Waals surface area contributed by atoms with Gasteiger partial charge in [0.25, 0.3) is 0 Å². The van der Waals surface area contributed by atoms with Crippen molar-refractivity contribution < 1.29 is 4.74 Å². The number of benzene rings is 1. The molecule has 3 nitrogen and oxygen atoms in total. The van der Waals surface area contributed by atoms with Crippen LogP contribution in [-0.2, 0) is 23.5 Å². The average Bonchev–Trinajstić information content (AvgIpc) is 3.26. The molecule has 2 aromatic heterocycles. The minimum Gasteiger partial charge on any atom is -0.360 e. The molecule has 0 saturated heterocycles. The molecular weight excluding hydrogens is 280 g/mol. The van der Waals surface area contributed by atoms with Gasteiger partial charge in [-0.05, 0) is 22.6 Å². The molecule has 0 bridgehead atoms. The van der Waals surface area contributed by atoms with Gasteiger partial charge in [0.1, 0.15) is 5.60 Å². The van der Waals surface area contributed by atoms with E-state index in [9.17, 15) is 0 Å². The van der Waals surface area contributed by atoms with Gasteiger partial charge >= 0.3 is 0 Å². The molecule has 0 amide bonds. The monoisotopic (exact) mass is 296 g/mol. The Hall–Kier alpha value is -1.91. The molecule has 0 aliphatic carbocycles. The van der Waals surface area contributed by atoms with Crippen LogP contribution in [0.25, 0.3) is 0 Å². The van der Waals surface area contributed by atoms with E-state index in [2.05, 4.69) is 51.3 Å². The molecule has 1 aliphatic heterocycles. The Bertz CT molecular complexity index is 721. The fourth-order valence-corrected chi connectivity index (χ4v) is 3.99. The van der Waals surface area contributed by atoms with Crippen molar-refractivity contribution >= 4 is 11.3 Å². The first kappa shape index (κ1) is 12.8. The van der Waals surface area contributed by atoms with Crippen LogP contribution in [0.2, 0.25) is 0 Å². The van der Waals surface area contributed by atoms with Crippen LogP contribution in [0.5, 0.6) is 0 Å². The van der Waals surface area contributed by atoms with E-state index in [0.29, 0.717) is 6.61 Å². The highest BCUT2D eigenvalue weighted by Crippen LogP contribution is 2.46. The van der Waals surface area contributed by atoms with Gasteiger partial charge < -0.3 is 9.30 Å². The third-order valence-electron chi connectivity index (χ3n) is 4.13. The molecule has 0 saturated carbocycles. The molecule has 0 spiro atoms. The lowest BCUT2D eigenvalue weighted by Crippen LogP contribution is -2.27. The number of hydrogen-bond acceptors (Lipinski definition) is 3. The molecule has 4 heteroatoms. The van der Waals surface area contributed by atoms with Crippen LogP contribution in [0.4, 0.5) is 0 Å². The number of hydrogen-bond donors (Lipinski definition) is 0. The van der Waals surface area contributed by atoms with Gasteiger partial charge in [-0.15, -0.1) is 11.3 Å². The fourth-order valence-electron chi connectivity index (χ4n) is 3.07. The molecule has 3 heterocycles. The SMILES string of the molecule is c1csc(C2(CCn3ccnc3)OCc3ccccc32)c1. The van der Waals surface area contributed by atoms with Crippen LogP contribution >= 0.6 is 11.3 Å². The van der Waals surface area contributed by atoms with Gasteiger partial charge in [-0.2, -0.15) is 0 Å². The molecule has 4 rings (SSSR count). The quantitative estimate of drug-likeness (QED) is 0.732. The van der Waals surface area contributed by atoms with Crippen LogP contribution in [0, 0.1) is 0 Å². The molecule has 3 aromatic rings. The summed E-state index contributed by atoms with van der Waals surface area (Å²) in [5, 5.41) is 2.12. The minimum atomic E-state index is -0.310. The lowest BCUT2D eigenvalue weighted by molar-refractivity contribution is -0.0118. The molecule has 0 radical (unpaired) electrons. The third kappa shape index (κ3) is 2.11. The van der Waals surface area contributed by atoms with Crippen LogP contribution in [0.3, 0.4) is 0 Å². The zero-order valence-corrected chi connectivity index (χ0v) is 12.4. The second kappa shape index (κ2) is 5.13. The topological polar surface area (TPSA) is 27.1 Å². The van der Waals surface area contributed by atoms with E-state index in [0.717, 1.165) is 13.0 Å². The van der Waals surface area contributed by atoms with Crippen molar-refractivity contribution in [1.29, 1.82) is 0 Å². The smallest absolute Gasteiger partial charge is 0.130 e. The number of aromatic nitrogens is 2. The van der Waals surface area contributed by atoms with Gasteiger partial charge in [0.15, 0.2) is 0 Å². The van der Waals surface area contributed by atoms with Crippen LogP contribution < -0.4 is 0 Å². The predicted molar refractivity (Wildman–Crippen MR) is 83.2 cm³/mol. The molecule has 106 valence electrons. The standard InChI is InChI=1S/C17H16N2OS/c1-2-5-15-14(4-1)12-20-17(15,16-6-3-11-21-16)7-9-19-10-8-18-13-19/h1-6,8,10-11,13H,7,9,12H2. The molecule has 1 aliphatic rings. The zero-order valence-electron chi connectivity index (χ0n) is 11.6. The highest BCUT2D eigenvalue weighted by molar-refractivity contribution is 7.10. The zero-order chi connectivity index (χ0) is 14.1. The summed E-state index contributed by atoms with van der Waals surface area (Å²) in [4.78, 5) is 5.41. The summed E-state index contributed by atoms with van der Waals surface area (Å²) >= 11 is 1.77. The van der Waals surface area contributed by atoms with Crippen molar-refractivity contribution in [2.75, 3.05) is 0 Å². The molecule has 1 atom stereocenters. The first-order chi connectivity index (χ1) is 10.4. The number of aryl methyl sites for hydroxylation is 1. The number of fused-ring (bicyclic) bond motifs is 1. The van der Waals surface area contributed by atoms with Crippen LogP contribution in [-0.4, -0.2) is 9.55 Å². The minimum absolute atomic E-state index is 0.310. The Morgan fingerprint density at radius 3 is 3.00 bits per heavy atom. The van der Waals surface area contributed by atoms with E-state index < -0.39 is 0 Å². The second-order valence-corrected chi connectivity index (χ2v) is 6.25. The largest absolute Gasteiger partial charge is 0.360 e. The van der Waals surface area contributed by atoms with Crippen LogP contribution in [0.1, 0.15) is 22.4 Å². The summed E-state index contributed by atoms with van der Waals surface area (Å²) in [6.07, 6.45) is 6.61. The van der Waals surface area contributed by atoms with E-state index in [-0.39, 0.29) is 5.60 Å². The van der Waals surface area contributed by atoms with E-state index in [1.54, 1.807) is 11.3 Å². The number of ether oxygens (including phenoxy) is 1. The van der Waals surface area contributed by atoms with Crippen LogP contribution in [0.15, 0.2) is 60.5 Å². The number of rotatable bonds is 4. The van der Waals surface area contributed by atoms with Crippen molar-refractivity contribution in [1.82, 2.24) is 9.55 Å². The first-order valence-electron chi connectivity index (χ1n) is 7.10. The Kier molecular flexibility index (Phi) is 3.13. The van der Waals surface area contributed by atoms with E-state index in [4.69, 9.17) is 4.74 Å². The Balaban J connectivity index is 1.74. The van der Waals surface area contributed by atoms with Gasteiger partial charge in [0.2, 0.25) is 0 Å². The van der Waals surface area contributed by atoms with E-state index in [1.165, 1.54) is 16.0 Å². The summed E-state index contributed by atoms with van der Waals surface area (Å²) in [5.74, 6) is 0. The average molecular weight is 296 g/mol. The molecule has 1 unspecified atom stereocenters. The van der Waals surface area contributed by atoms with E-state index >= 15 is 0 Å². The maximum absolute atomic E-state index is 6.33. The van der Waals surface area contributed by atoms with Crippen molar-refractivity contribution in [3.05, 3.63) is 76.5 Å². The molecular formula is C17H16N2OS. The molecule has 21 heavy (non-hydrogen) atoms. The van der Waals surface area contributed by atoms with Crippen molar-refractivity contribution in [2.45, 2.75) is 25.2 Å². The van der Waals surface area contributed by atoms with Gasteiger partial charge in [0.05, 0.1) is 12.9 Å². The number of imidazole rings is 1. The number of thiophene rings is 1. The summed E-state index contributed by atoms with van der Waals surface area (Å²) in [7, 11) is 0. The van der Waals surface area contributed by atoms with Gasteiger partial charge in [0, 0.05) is 30.2 Å². The Labute approximate surface area is 127 Å². The Morgan fingerprint density at radius 2 is 2.19 bits per heavy atom. The molecule has 1 aromatic carbocycles. The van der Waals surface area contributed by atoms with E-state index in [1.807, 2.05) is 18.7 Å². The van der Waals surface area contributed by atoms with Crippen molar-refractivity contribution in [2.24, 2.45) is 0 Å². The van der Waals surface area contributed by atoms with Gasteiger partial charge in [-0.3, -0.25) is 0 Å².